The molecule has 4 aromatic rings. The number of hydrogen-bond donors (Lipinski definition) is 0. The largest absolute Gasteiger partial charge is 0.412 e. The van der Waals surface area contributed by atoms with Crippen molar-refractivity contribution in [2.45, 2.75) is 36.9 Å². The van der Waals surface area contributed by atoms with Crippen molar-refractivity contribution in [1.29, 1.82) is 0 Å². The Morgan fingerprint density at radius 3 is 2.49 bits per heavy atom. The van der Waals surface area contributed by atoms with E-state index in [9.17, 15) is 26.0 Å². The van der Waals surface area contributed by atoms with Crippen molar-refractivity contribution in [3.8, 4) is 5.69 Å². The number of hydrogen-bond acceptors (Lipinski definition) is 5. The summed E-state index contributed by atoms with van der Waals surface area (Å²) in [6.45, 7) is 4.03. The fourth-order valence-electron chi connectivity index (χ4n) is 7.63. The lowest BCUT2D eigenvalue weighted by Crippen LogP contribution is -2.39. The second-order valence-corrected chi connectivity index (χ2v) is 14.0. The van der Waals surface area contributed by atoms with Gasteiger partial charge in [-0.2, -0.15) is 32.5 Å². The van der Waals surface area contributed by atoms with Gasteiger partial charge < -0.3 is 0 Å². The quantitative estimate of drug-likeness (QED) is 0.288. The fraction of sp³-hybridized carbons (Fsp3) is 0.367. The zero-order chi connectivity index (χ0) is 30.5. The minimum Gasteiger partial charge on any atom is -0.233 e. The number of aromatic nitrogens is 5. The number of piperidine rings is 1. The molecule has 0 amide bonds. The molecule has 0 radical (unpaired) electrons. The van der Waals surface area contributed by atoms with Gasteiger partial charge in [-0.3, -0.25) is 0 Å². The first-order valence-corrected chi connectivity index (χ1v) is 15.2. The molecule has 2 aromatic carbocycles. The van der Waals surface area contributed by atoms with Crippen LogP contribution in [0.5, 0.6) is 0 Å². The third kappa shape index (κ3) is 4.19. The minimum absolute atomic E-state index is 0.105. The van der Waals surface area contributed by atoms with Crippen molar-refractivity contribution in [3.05, 3.63) is 89.5 Å². The molecule has 3 aliphatic rings. The zero-order valence-corrected chi connectivity index (χ0v) is 24.4. The van der Waals surface area contributed by atoms with Gasteiger partial charge in [-0.25, -0.2) is 17.5 Å². The summed E-state index contributed by atoms with van der Waals surface area (Å²) in [4.78, 5) is 1.18. The fourth-order valence-corrected chi connectivity index (χ4v) is 9.03. The van der Waals surface area contributed by atoms with E-state index < -0.39 is 32.6 Å². The maximum atomic E-state index is 13.9. The topological polar surface area (TPSA) is 85.9 Å². The van der Waals surface area contributed by atoms with E-state index in [1.807, 2.05) is 32.1 Å². The zero-order valence-electron chi connectivity index (χ0n) is 23.5. The van der Waals surface area contributed by atoms with E-state index in [0.29, 0.717) is 5.69 Å². The lowest BCUT2D eigenvalue weighted by atomic mass is 9.71. The Bertz CT molecular complexity index is 1940. The van der Waals surface area contributed by atoms with Gasteiger partial charge in [0.05, 0.1) is 23.6 Å². The number of halogens is 4. The van der Waals surface area contributed by atoms with Crippen LogP contribution < -0.4 is 0 Å². The van der Waals surface area contributed by atoms with E-state index in [2.05, 4.69) is 15.3 Å². The molecule has 0 bridgehead atoms. The Kier molecular flexibility index (Phi) is 5.91. The van der Waals surface area contributed by atoms with Crippen LogP contribution in [0.15, 0.2) is 77.6 Å². The van der Waals surface area contributed by atoms with Gasteiger partial charge in [0, 0.05) is 36.5 Å². The number of fused-ring (bicyclic) bond motifs is 2. The molecule has 13 heteroatoms. The van der Waals surface area contributed by atoms with Gasteiger partial charge in [0.15, 0.2) is 0 Å². The lowest BCUT2D eigenvalue weighted by Gasteiger charge is -2.36. The predicted octanol–water partition coefficient (Wildman–Crippen LogP) is 5.24. The maximum absolute atomic E-state index is 13.9. The smallest absolute Gasteiger partial charge is 0.233 e. The normalized spacial score (nSPS) is 27.5. The van der Waals surface area contributed by atoms with Gasteiger partial charge in [0.2, 0.25) is 5.03 Å². The molecule has 0 spiro atoms. The Labute approximate surface area is 245 Å². The molecule has 0 N–H and O–H groups in total. The maximum Gasteiger partial charge on any atom is 0.412 e. The van der Waals surface area contributed by atoms with Gasteiger partial charge in [0.25, 0.3) is 10.0 Å². The van der Waals surface area contributed by atoms with Crippen LogP contribution in [0.2, 0.25) is 0 Å². The molecule has 1 unspecified atom stereocenters. The summed E-state index contributed by atoms with van der Waals surface area (Å²) >= 11 is 0. The van der Waals surface area contributed by atoms with Crippen molar-refractivity contribution in [3.63, 3.8) is 0 Å². The number of sulfonamides is 1. The molecular weight excluding hydrogens is 584 g/mol. The van der Waals surface area contributed by atoms with Crippen LogP contribution in [-0.2, 0) is 22.5 Å². The molecule has 2 aromatic heterocycles. The molecule has 2 fully saturated rings. The highest BCUT2D eigenvalue weighted by Gasteiger charge is 2.75. The first-order valence-electron chi connectivity index (χ1n) is 13.8. The van der Waals surface area contributed by atoms with Crippen LogP contribution in [-0.4, -0.2) is 56.8 Å². The van der Waals surface area contributed by atoms with E-state index in [1.165, 1.54) is 40.6 Å². The average molecular weight is 613 g/mol. The Hall–Kier alpha value is -3.84. The summed E-state index contributed by atoms with van der Waals surface area (Å²) in [6.07, 6.45) is 2.71. The summed E-state index contributed by atoms with van der Waals surface area (Å²) in [5.74, 6) is -0.817. The first-order chi connectivity index (χ1) is 20.2. The highest BCUT2D eigenvalue weighted by Crippen LogP contribution is 2.73. The van der Waals surface area contributed by atoms with Crippen LogP contribution in [0.1, 0.15) is 24.5 Å². The molecule has 224 valence electrons. The second-order valence-electron chi connectivity index (χ2n) is 12.1. The molecule has 7 rings (SSSR count). The highest BCUT2D eigenvalue weighted by atomic mass is 32.2. The van der Waals surface area contributed by atoms with Gasteiger partial charge in [0.1, 0.15) is 5.82 Å². The number of nitrogens with zero attached hydrogens (tertiary/aromatic N) is 6. The lowest BCUT2D eigenvalue weighted by molar-refractivity contribution is -0.0972. The van der Waals surface area contributed by atoms with Crippen molar-refractivity contribution in [2.24, 2.45) is 24.3 Å². The number of allylic oxidation sites excluding steroid dienone is 4. The van der Waals surface area contributed by atoms with Crippen LogP contribution in [0.25, 0.3) is 16.6 Å². The van der Waals surface area contributed by atoms with Crippen molar-refractivity contribution in [2.75, 3.05) is 13.1 Å². The molecule has 8 nitrogen and oxygen atoms in total. The molecule has 1 saturated heterocycles. The number of aryl methyl sites for hydroxylation is 2. The average Bonchev–Trinajstić information content (AvgIpc) is 3.35. The number of alkyl halides is 3. The predicted molar refractivity (Wildman–Crippen MR) is 150 cm³/mol. The Morgan fingerprint density at radius 1 is 1.07 bits per heavy atom. The third-order valence-electron chi connectivity index (χ3n) is 9.44. The van der Waals surface area contributed by atoms with Crippen LogP contribution in [0.4, 0.5) is 17.6 Å². The summed E-state index contributed by atoms with van der Waals surface area (Å²) in [5.41, 5.74) is 1.07. The molecular formula is C30H28F4N6O2S. The first kappa shape index (κ1) is 28.0. The SMILES string of the molecule is Cc1cc2c(cnn2-c2ccc(F)cc2)cc1[C@]12CN(S(=O)(=O)c3cnn(C)n3)C[C@H]1[C@@H]2C1(C)C=CC=C(C(F)(F)F)C1. The molecule has 2 aliphatic carbocycles. The van der Waals surface area contributed by atoms with Crippen LogP contribution >= 0.6 is 0 Å². The van der Waals surface area contributed by atoms with Crippen molar-refractivity contribution < 1.29 is 26.0 Å². The van der Waals surface area contributed by atoms with Gasteiger partial charge in [-0.15, -0.1) is 5.10 Å². The van der Waals surface area contributed by atoms with E-state index in [1.54, 1.807) is 23.0 Å². The van der Waals surface area contributed by atoms with Crippen molar-refractivity contribution >= 4 is 20.9 Å². The summed E-state index contributed by atoms with van der Waals surface area (Å²) in [6, 6.07) is 9.92. The molecule has 4 atom stereocenters. The summed E-state index contributed by atoms with van der Waals surface area (Å²) in [5, 5.41) is 13.1. The molecule has 1 saturated carbocycles. The highest BCUT2D eigenvalue weighted by molar-refractivity contribution is 7.89. The van der Waals surface area contributed by atoms with E-state index in [-0.39, 0.29) is 42.2 Å². The minimum atomic E-state index is -4.45. The standard InChI is InChI=1S/C30H28F4N6O2S/c1-18-11-25-19(14-36-40(25)22-8-6-21(31)7-9-22)12-23(18)29-17-39(43(41,42)26-15-35-38(3)37-26)16-24(29)27(29)28(2)10-4-5-20(13-28)30(32,33)34/h4-12,14-15,24,27H,13,16-17H2,1-3H3/t24-,27+,28?,29+/m0/s1. The van der Waals surface area contributed by atoms with Crippen molar-refractivity contribution in [1.82, 2.24) is 29.1 Å². The van der Waals surface area contributed by atoms with Crippen LogP contribution in [0, 0.1) is 30.0 Å². The Balaban J connectivity index is 1.33. The number of benzene rings is 2. The van der Waals surface area contributed by atoms with Gasteiger partial charge in [-0.1, -0.05) is 25.2 Å². The van der Waals surface area contributed by atoms with Gasteiger partial charge in [-0.05, 0) is 78.1 Å². The second kappa shape index (κ2) is 9.08. The monoisotopic (exact) mass is 612 g/mol. The van der Waals surface area contributed by atoms with E-state index >= 15 is 0 Å². The summed E-state index contributed by atoms with van der Waals surface area (Å²) in [7, 11) is -2.45. The third-order valence-corrected chi connectivity index (χ3v) is 11.1. The van der Waals surface area contributed by atoms with Crippen LogP contribution in [0.3, 0.4) is 0 Å². The number of rotatable bonds is 5. The molecule has 1 aliphatic heterocycles. The van der Waals surface area contributed by atoms with E-state index in [0.717, 1.165) is 28.1 Å². The Morgan fingerprint density at radius 2 is 1.81 bits per heavy atom. The molecule has 43 heavy (non-hydrogen) atoms. The van der Waals surface area contributed by atoms with E-state index in [4.69, 9.17) is 0 Å². The summed E-state index contributed by atoms with van der Waals surface area (Å²) < 4.78 is 85.4. The van der Waals surface area contributed by atoms with Gasteiger partial charge >= 0.3 is 6.18 Å². The molecule has 3 heterocycles.